The number of esters is 1. The van der Waals surface area contributed by atoms with Crippen molar-refractivity contribution in [3.8, 4) is 5.75 Å². The van der Waals surface area contributed by atoms with Crippen LogP contribution in [0.1, 0.15) is 42.9 Å². The summed E-state index contributed by atoms with van der Waals surface area (Å²) in [4.78, 5) is 31.0. The molecule has 3 unspecified atom stereocenters. The maximum atomic E-state index is 13.3. The van der Waals surface area contributed by atoms with E-state index in [9.17, 15) is 14.7 Å². The highest BCUT2D eigenvalue weighted by molar-refractivity contribution is 6.09. The molecule has 1 N–H and O–H groups in total. The molecule has 0 bridgehead atoms. The van der Waals surface area contributed by atoms with Crippen molar-refractivity contribution < 1.29 is 28.6 Å². The number of rotatable bonds is 6. The average molecular weight is 423 g/mol. The fraction of sp³-hybridized carbons (Fsp3) is 0.375. The molecule has 1 aromatic carbocycles. The molecule has 1 aliphatic carbocycles. The van der Waals surface area contributed by atoms with Crippen LogP contribution in [0.3, 0.4) is 0 Å². The number of phenolic OH excluding ortho intramolecular Hbond substituents is 1. The molecule has 3 atom stereocenters. The van der Waals surface area contributed by atoms with E-state index >= 15 is 0 Å². The Balaban J connectivity index is 1.75. The molecule has 1 aliphatic heterocycles. The third kappa shape index (κ3) is 4.18. The summed E-state index contributed by atoms with van der Waals surface area (Å²) in [6.07, 6.45) is 2.43. The van der Waals surface area contributed by atoms with Crippen molar-refractivity contribution in [1.82, 2.24) is 0 Å². The first kappa shape index (κ1) is 21.1. The number of allylic oxidation sites excluding steroid dienone is 2. The monoisotopic (exact) mass is 423 g/mol. The van der Waals surface area contributed by atoms with Crippen LogP contribution in [-0.2, 0) is 19.1 Å². The molecule has 1 aromatic heterocycles. The van der Waals surface area contributed by atoms with Crippen molar-refractivity contribution in [3.63, 3.8) is 0 Å². The quantitative estimate of drug-likeness (QED) is 0.561. The summed E-state index contributed by atoms with van der Waals surface area (Å²) in [7, 11) is 1.53. The number of Topliss-reactive ketones (excluding diaryl/α,β-unsaturated/α-hetero) is 1. The molecule has 162 valence electrons. The van der Waals surface area contributed by atoms with Gasteiger partial charge in [0.25, 0.3) is 0 Å². The van der Waals surface area contributed by atoms with E-state index in [0.29, 0.717) is 29.0 Å². The number of aromatic hydroxyl groups is 1. The second-order valence-corrected chi connectivity index (χ2v) is 7.87. The lowest BCUT2D eigenvalue weighted by atomic mass is 9.70. The van der Waals surface area contributed by atoms with E-state index < -0.39 is 17.8 Å². The number of hydrogen-bond acceptors (Lipinski definition) is 7. The minimum atomic E-state index is -0.749. The van der Waals surface area contributed by atoms with Crippen LogP contribution in [0.4, 0.5) is 0 Å². The summed E-state index contributed by atoms with van der Waals surface area (Å²) in [6, 6.07) is 10.3. The van der Waals surface area contributed by atoms with Gasteiger partial charge in [-0.05, 0) is 36.8 Å². The third-order valence-corrected chi connectivity index (χ3v) is 5.85. The highest BCUT2D eigenvalue weighted by Crippen LogP contribution is 2.47. The van der Waals surface area contributed by atoms with E-state index in [0.717, 1.165) is 5.76 Å². The van der Waals surface area contributed by atoms with E-state index in [2.05, 4.69) is 4.99 Å². The molecular formula is C24H25NO6. The van der Waals surface area contributed by atoms with E-state index in [1.54, 1.807) is 37.5 Å². The van der Waals surface area contributed by atoms with Gasteiger partial charge in [0, 0.05) is 48.8 Å². The van der Waals surface area contributed by atoms with Gasteiger partial charge in [-0.3, -0.25) is 14.6 Å². The Labute approximate surface area is 180 Å². The van der Waals surface area contributed by atoms with E-state index in [1.807, 2.05) is 12.1 Å². The number of carbonyl (C=O) groups excluding carboxylic acids is 2. The largest absolute Gasteiger partial charge is 0.508 e. The lowest BCUT2D eigenvalue weighted by Gasteiger charge is -2.36. The van der Waals surface area contributed by atoms with Gasteiger partial charge in [-0.15, -0.1) is 0 Å². The average Bonchev–Trinajstić information content (AvgIpc) is 3.27. The van der Waals surface area contributed by atoms with Gasteiger partial charge in [0.2, 0.25) is 0 Å². The van der Waals surface area contributed by atoms with Crippen molar-refractivity contribution in [2.24, 2.45) is 10.9 Å². The fourth-order valence-electron chi connectivity index (χ4n) is 4.48. The summed E-state index contributed by atoms with van der Waals surface area (Å²) in [5, 5.41) is 10.1. The number of nitrogens with zero attached hydrogens (tertiary/aromatic N) is 1. The third-order valence-electron chi connectivity index (χ3n) is 5.85. The van der Waals surface area contributed by atoms with Crippen LogP contribution in [-0.4, -0.2) is 42.9 Å². The van der Waals surface area contributed by atoms with Gasteiger partial charge in [-0.2, -0.15) is 0 Å². The number of ether oxygens (including phenoxy) is 2. The maximum Gasteiger partial charge on any atom is 0.315 e. The predicted molar refractivity (Wildman–Crippen MR) is 113 cm³/mol. The van der Waals surface area contributed by atoms with Crippen LogP contribution in [0.25, 0.3) is 0 Å². The predicted octanol–water partition coefficient (Wildman–Crippen LogP) is 3.75. The van der Waals surface area contributed by atoms with Gasteiger partial charge < -0.3 is 19.0 Å². The van der Waals surface area contributed by atoms with Crippen molar-refractivity contribution >= 4 is 17.5 Å². The molecule has 7 heteroatoms. The van der Waals surface area contributed by atoms with Gasteiger partial charge in [0.05, 0.1) is 12.9 Å². The topological polar surface area (TPSA) is 98.3 Å². The van der Waals surface area contributed by atoms with Gasteiger partial charge in [-0.1, -0.05) is 12.1 Å². The van der Waals surface area contributed by atoms with Crippen molar-refractivity contribution in [2.45, 2.75) is 31.6 Å². The minimum Gasteiger partial charge on any atom is -0.508 e. The Hall–Kier alpha value is -3.19. The Morgan fingerprint density at radius 2 is 2.06 bits per heavy atom. The second kappa shape index (κ2) is 8.89. The number of hydrogen-bond donors (Lipinski definition) is 1. The maximum absolute atomic E-state index is 13.3. The first-order valence-corrected chi connectivity index (χ1v) is 10.3. The summed E-state index contributed by atoms with van der Waals surface area (Å²) in [6.45, 7) is 2.18. The van der Waals surface area contributed by atoms with Crippen LogP contribution >= 0.6 is 0 Å². The summed E-state index contributed by atoms with van der Waals surface area (Å²) in [5.74, 6) is -1.11. The fourth-order valence-corrected chi connectivity index (χ4v) is 4.48. The normalized spacial score (nSPS) is 23.4. The molecule has 0 radical (unpaired) electrons. The van der Waals surface area contributed by atoms with E-state index in [1.165, 1.54) is 7.11 Å². The van der Waals surface area contributed by atoms with Crippen molar-refractivity contribution in [3.05, 3.63) is 65.3 Å². The van der Waals surface area contributed by atoms with Crippen molar-refractivity contribution in [1.29, 1.82) is 0 Å². The van der Waals surface area contributed by atoms with Crippen LogP contribution in [0.2, 0.25) is 0 Å². The smallest absolute Gasteiger partial charge is 0.315 e. The lowest BCUT2D eigenvalue weighted by molar-refractivity contribution is -0.147. The molecule has 0 spiro atoms. The van der Waals surface area contributed by atoms with Gasteiger partial charge in [0.1, 0.15) is 24.0 Å². The van der Waals surface area contributed by atoms with Crippen LogP contribution in [0.5, 0.6) is 5.75 Å². The zero-order valence-corrected chi connectivity index (χ0v) is 17.5. The molecule has 0 amide bonds. The molecular weight excluding hydrogens is 398 g/mol. The number of furan rings is 1. The molecule has 7 nitrogen and oxygen atoms in total. The van der Waals surface area contributed by atoms with Gasteiger partial charge in [-0.25, -0.2) is 0 Å². The molecule has 2 heterocycles. The van der Waals surface area contributed by atoms with Crippen molar-refractivity contribution in [2.75, 3.05) is 20.3 Å². The van der Waals surface area contributed by atoms with Gasteiger partial charge >= 0.3 is 5.97 Å². The van der Waals surface area contributed by atoms with Gasteiger partial charge in [0.15, 0.2) is 5.78 Å². The number of methoxy groups -OCH3 is 1. The number of benzene rings is 1. The molecule has 0 saturated heterocycles. The molecule has 31 heavy (non-hydrogen) atoms. The van der Waals surface area contributed by atoms with Crippen LogP contribution in [0.15, 0.2) is 63.3 Å². The summed E-state index contributed by atoms with van der Waals surface area (Å²) < 4.78 is 15.9. The van der Waals surface area contributed by atoms with E-state index in [-0.39, 0.29) is 37.1 Å². The molecule has 4 rings (SSSR count). The molecule has 0 saturated carbocycles. The summed E-state index contributed by atoms with van der Waals surface area (Å²) >= 11 is 0. The van der Waals surface area contributed by atoms with Crippen LogP contribution < -0.4 is 0 Å². The molecule has 2 aromatic rings. The highest BCUT2D eigenvalue weighted by Gasteiger charge is 2.45. The Kier molecular flexibility index (Phi) is 6.04. The van der Waals surface area contributed by atoms with E-state index in [4.69, 9.17) is 13.9 Å². The molecule has 2 aliphatic rings. The Bertz CT molecular complexity index is 1040. The number of phenols is 1. The number of carbonyl (C=O) groups is 2. The Morgan fingerprint density at radius 3 is 2.77 bits per heavy atom. The first-order chi connectivity index (χ1) is 15.0. The second-order valence-electron chi connectivity index (χ2n) is 7.87. The number of aliphatic imine (C=N–C) groups is 1. The standard InChI is InChI=1S/C24H25NO6/c1-14-21(24(28)31-10-9-29-2)22(15-5-3-6-17(26)11-15)23-18(25-14)12-16(13-19(23)27)20-7-4-8-30-20/h3-8,11,16,21-22,26H,9-10,12-13H2,1-2H3. The highest BCUT2D eigenvalue weighted by atomic mass is 16.6. The van der Waals surface area contributed by atoms with Crippen LogP contribution in [0, 0.1) is 5.92 Å². The summed E-state index contributed by atoms with van der Waals surface area (Å²) in [5.41, 5.74) is 2.46. The SMILES string of the molecule is COCCOC(=O)C1C(C)=NC2=C(C(=O)CC(c3ccco3)C2)C1c1cccc(O)c1. The first-order valence-electron chi connectivity index (χ1n) is 10.3. The lowest BCUT2D eigenvalue weighted by Crippen LogP contribution is -2.38. The molecule has 0 fully saturated rings. The Morgan fingerprint density at radius 1 is 1.23 bits per heavy atom. The zero-order chi connectivity index (χ0) is 22.0. The number of ketones is 1. The zero-order valence-electron chi connectivity index (χ0n) is 17.5. The minimum absolute atomic E-state index is 0.0677.